The van der Waals surface area contributed by atoms with Gasteiger partial charge in [0.05, 0.1) is 6.10 Å². The largest absolute Gasteiger partial charge is 0.387 e. The average molecular weight is 179 g/mol. The molecular weight excluding hydrogens is 162 g/mol. The monoisotopic (exact) mass is 179 g/mol. The summed E-state index contributed by atoms with van der Waals surface area (Å²) in [5.41, 5.74) is 7.81. The average Bonchev–Trinajstić information content (AvgIpc) is 2.15. The smallest absolute Gasteiger partial charge is 0.0940 e. The molecule has 0 spiro atoms. The van der Waals surface area contributed by atoms with Crippen LogP contribution < -0.4 is 5.73 Å². The Morgan fingerprint density at radius 3 is 2.69 bits per heavy atom. The maximum Gasteiger partial charge on any atom is 0.0940 e. The molecule has 2 heteroatoms. The van der Waals surface area contributed by atoms with Crippen LogP contribution in [-0.2, 0) is 0 Å². The molecule has 0 saturated carbocycles. The van der Waals surface area contributed by atoms with Crippen molar-refractivity contribution >= 4 is 0 Å². The van der Waals surface area contributed by atoms with Crippen LogP contribution in [0.3, 0.4) is 0 Å². The van der Waals surface area contributed by atoms with Gasteiger partial charge in [-0.15, -0.1) is 0 Å². The third-order valence-corrected chi connectivity index (χ3v) is 2.26. The maximum atomic E-state index is 9.79. The maximum absolute atomic E-state index is 9.79. The van der Waals surface area contributed by atoms with Crippen LogP contribution in [0.2, 0.25) is 0 Å². The van der Waals surface area contributed by atoms with E-state index in [9.17, 15) is 5.11 Å². The molecule has 0 aliphatic rings. The summed E-state index contributed by atoms with van der Waals surface area (Å²) in [6.45, 7) is 3.98. The van der Waals surface area contributed by atoms with Crippen LogP contribution in [0.15, 0.2) is 24.3 Å². The Kier molecular flexibility index (Phi) is 3.46. The lowest BCUT2D eigenvalue weighted by molar-refractivity contribution is 0.144. The quantitative estimate of drug-likeness (QED) is 0.742. The van der Waals surface area contributed by atoms with E-state index in [1.807, 2.05) is 38.1 Å². The zero-order chi connectivity index (χ0) is 9.84. The lowest BCUT2D eigenvalue weighted by Crippen LogP contribution is -2.27. The second-order valence-electron chi connectivity index (χ2n) is 3.43. The fourth-order valence-electron chi connectivity index (χ4n) is 1.32. The molecular formula is C11H17NO. The number of hydrogen-bond acceptors (Lipinski definition) is 2. The van der Waals surface area contributed by atoms with Gasteiger partial charge < -0.3 is 10.8 Å². The van der Waals surface area contributed by atoms with E-state index in [1.54, 1.807) is 0 Å². The molecule has 2 atom stereocenters. The van der Waals surface area contributed by atoms with Gasteiger partial charge in [-0.25, -0.2) is 0 Å². The topological polar surface area (TPSA) is 46.2 Å². The second kappa shape index (κ2) is 4.40. The van der Waals surface area contributed by atoms with Crippen LogP contribution in [0, 0.1) is 6.92 Å². The zero-order valence-electron chi connectivity index (χ0n) is 8.20. The molecule has 2 nitrogen and oxygen atoms in total. The Bertz CT molecular complexity index is 273. The first kappa shape index (κ1) is 10.2. The molecule has 0 aliphatic carbocycles. The van der Waals surface area contributed by atoms with Gasteiger partial charge in [0.15, 0.2) is 0 Å². The lowest BCUT2D eigenvalue weighted by atomic mass is 10.00. The second-order valence-corrected chi connectivity index (χ2v) is 3.43. The molecule has 2 unspecified atom stereocenters. The molecule has 0 amide bonds. The predicted molar refractivity (Wildman–Crippen MR) is 54.4 cm³/mol. The van der Waals surface area contributed by atoms with Crippen molar-refractivity contribution in [1.82, 2.24) is 0 Å². The van der Waals surface area contributed by atoms with Gasteiger partial charge >= 0.3 is 0 Å². The van der Waals surface area contributed by atoms with Gasteiger partial charge in [-0.3, -0.25) is 0 Å². The number of hydrogen-bond donors (Lipinski definition) is 2. The minimum atomic E-state index is -0.537. The van der Waals surface area contributed by atoms with Crippen molar-refractivity contribution in [3.8, 4) is 0 Å². The zero-order valence-corrected chi connectivity index (χ0v) is 8.20. The lowest BCUT2D eigenvalue weighted by Gasteiger charge is -2.17. The van der Waals surface area contributed by atoms with E-state index < -0.39 is 6.10 Å². The molecule has 1 aromatic carbocycles. The molecule has 0 fully saturated rings. The molecule has 0 bridgehead atoms. The van der Waals surface area contributed by atoms with Crippen molar-refractivity contribution in [2.45, 2.75) is 32.4 Å². The summed E-state index contributed by atoms with van der Waals surface area (Å²) in [6, 6.07) is 7.67. The fraction of sp³-hybridized carbons (Fsp3) is 0.455. The van der Waals surface area contributed by atoms with Gasteiger partial charge in [-0.1, -0.05) is 36.8 Å². The SMILES string of the molecule is CCC(N)C(O)c1cccc(C)c1. The summed E-state index contributed by atoms with van der Waals surface area (Å²) in [7, 11) is 0. The Labute approximate surface area is 79.4 Å². The summed E-state index contributed by atoms with van der Waals surface area (Å²) in [5.74, 6) is 0. The Hall–Kier alpha value is -0.860. The van der Waals surface area contributed by atoms with E-state index in [0.29, 0.717) is 0 Å². The summed E-state index contributed by atoms with van der Waals surface area (Å²) in [6.07, 6.45) is 0.250. The molecule has 72 valence electrons. The van der Waals surface area contributed by atoms with Gasteiger partial charge in [-0.2, -0.15) is 0 Å². The summed E-state index contributed by atoms with van der Waals surface area (Å²) in [5, 5.41) is 9.79. The molecule has 0 radical (unpaired) electrons. The summed E-state index contributed by atoms with van der Waals surface area (Å²) >= 11 is 0. The molecule has 1 aromatic rings. The third-order valence-electron chi connectivity index (χ3n) is 2.26. The number of nitrogens with two attached hydrogens (primary N) is 1. The Morgan fingerprint density at radius 2 is 2.15 bits per heavy atom. The van der Waals surface area contributed by atoms with Crippen LogP contribution in [0.5, 0.6) is 0 Å². The van der Waals surface area contributed by atoms with E-state index in [2.05, 4.69) is 0 Å². The van der Waals surface area contributed by atoms with Crippen molar-refractivity contribution in [2.24, 2.45) is 5.73 Å². The predicted octanol–water partition coefficient (Wildman–Crippen LogP) is 1.77. The summed E-state index contributed by atoms with van der Waals surface area (Å²) in [4.78, 5) is 0. The molecule has 0 heterocycles. The Balaban J connectivity index is 2.82. The van der Waals surface area contributed by atoms with E-state index in [1.165, 1.54) is 0 Å². The first-order chi connectivity index (χ1) is 6.15. The van der Waals surface area contributed by atoms with Crippen molar-refractivity contribution in [1.29, 1.82) is 0 Å². The molecule has 0 aromatic heterocycles. The highest BCUT2D eigenvalue weighted by atomic mass is 16.3. The van der Waals surface area contributed by atoms with E-state index in [4.69, 9.17) is 5.73 Å². The minimum absolute atomic E-state index is 0.165. The standard InChI is InChI=1S/C11H17NO/c1-3-10(12)11(13)9-6-4-5-8(2)7-9/h4-7,10-11,13H,3,12H2,1-2H3. The van der Waals surface area contributed by atoms with Gasteiger partial charge in [-0.05, 0) is 18.9 Å². The normalized spacial score (nSPS) is 15.4. The van der Waals surface area contributed by atoms with E-state index >= 15 is 0 Å². The van der Waals surface area contributed by atoms with Gasteiger partial charge in [0.2, 0.25) is 0 Å². The highest BCUT2D eigenvalue weighted by Crippen LogP contribution is 2.18. The number of aliphatic hydroxyl groups is 1. The number of benzene rings is 1. The highest BCUT2D eigenvalue weighted by Gasteiger charge is 2.14. The fourth-order valence-corrected chi connectivity index (χ4v) is 1.32. The van der Waals surface area contributed by atoms with Crippen molar-refractivity contribution in [2.75, 3.05) is 0 Å². The van der Waals surface area contributed by atoms with Crippen LogP contribution >= 0.6 is 0 Å². The van der Waals surface area contributed by atoms with Gasteiger partial charge in [0.25, 0.3) is 0 Å². The minimum Gasteiger partial charge on any atom is -0.387 e. The highest BCUT2D eigenvalue weighted by molar-refractivity contribution is 5.24. The number of rotatable bonds is 3. The Morgan fingerprint density at radius 1 is 1.46 bits per heavy atom. The van der Waals surface area contributed by atoms with Gasteiger partial charge in [0.1, 0.15) is 0 Å². The van der Waals surface area contributed by atoms with E-state index in [-0.39, 0.29) is 6.04 Å². The number of aryl methyl sites for hydroxylation is 1. The van der Waals surface area contributed by atoms with E-state index in [0.717, 1.165) is 17.5 Å². The van der Waals surface area contributed by atoms with Gasteiger partial charge in [0, 0.05) is 6.04 Å². The van der Waals surface area contributed by atoms with Crippen molar-refractivity contribution in [3.05, 3.63) is 35.4 Å². The van der Waals surface area contributed by atoms with Crippen molar-refractivity contribution in [3.63, 3.8) is 0 Å². The van der Waals surface area contributed by atoms with Crippen LogP contribution in [0.1, 0.15) is 30.6 Å². The van der Waals surface area contributed by atoms with Crippen LogP contribution in [-0.4, -0.2) is 11.1 Å². The van der Waals surface area contributed by atoms with Crippen LogP contribution in [0.25, 0.3) is 0 Å². The number of aliphatic hydroxyl groups excluding tert-OH is 1. The van der Waals surface area contributed by atoms with Crippen LogP contribution in [0.4, 0.5) is 0 Å². The molecule has 1 rings (SSSR count). The molecule has 0 saturated heterocycles. The van der Waals surface area contributed by atoms with Crippen molar-refractivity contribution < 1.29 is 5.11 Å². The summed E-state index contributed by atoms with van der Waals surface area (Å²) < 4.78 is 0. The first-order valence-corrected chi connectivity index (χ1v) is 4.65. The first-order valence-electron chi connectivity index (χ1n) is 4.65. The third kappa shape index (κ3) is 2.54. The molecule has 0 aliphatic heterocycles. The molecule has 3 N–H and O–H groups in total. The molecule has 13 heavy (non-hydrogen) atoms.